The van der Waals surface area contributed by atoms with Crippen molar-refractivity contribution in [2.45, 2.75) is 13.1 Å². The predicted octanol–water partition coefficient (Wildman–Crippen LogP) is 2.64. The van der Waals surface area contributed by atoms with E-state index in [4.69, 9.17) is 17.3 Å². The van der Waals surface area contributed by atoms with Crippen molar-refractivity contribution in [2.24, 2.45) is 5.73 Å². The lowest BCUT2D eigenvalue weighted by Crippen LogP contribution is -2.07. The maximum atomic E-state index is 14.0. The van der Waals surface area contributed by atoms with Gasteiger partial charge in [0, 0.05) is 35.1 Å². The van der Waals surface area contributed by atoms with Crippen molar-refractivity contribution < 1.29 is 4.39 Å². The smallest absolute Gasteiger partial charge is 0.129 e. The van der Waals surface area contributed by atoms with Gasteiger partial charge in [-0.05, 0) is 24.3 Å². The lowest BCUT2D eigenvalue weighted by Gasteiger charge is -2.10. The van der Waals surface area contributed by atoms with Crippen LogP contribution in [0.5, 0.6) is 0 Å². The highest BCUT2D eigenvalue weighted by Gasteiger charge is 2.16. The Balaban J connectivity index is 2.07. The number of halogens is 2. The van der Waals surface area contributed by atoms with Crippen molar-refractivity contribution in [1.82, 2.24) is 20.0 Å². The molecule has 0 saturated heterocycles. The van der Waals surface area contributed by atoms with Gasteiger partial charge in [-0.3, -0.25) is 4.98 Å². The fourth-order valence-corrected chi connectivity index (χ4v) is 2.48. The zero-order valence-corrected chi connectivity index (χ0v) is 12.3. The lowest BCUT2D eigenvalue weighted by atomic mass is 10.1. The Bertz CT molecular complexity index is 768. The molecule has 0 aliphatic heterocycles. The number of aromatic nitrogens is 4. The zero-order valence-electron chi connectivity index (χ0n) is 11.6. The summed E-state index contributed by atoms with van der Waals surface area (Å²) in [5.74, 6) is -0.377. The Morgan fingerprint density at radius 1 is 1.18 bits per heavy atom. The van der Waals surface area contributed by atoms with Crippen LogP contribution in [0.1, 0.15) is 11.3 Å². The second-order valence-electron chi connectivity index (χ2n) is 4.68. The van der Waals surface area contributed by atoms with Gasteiger partial charge >= 0.3 is 0 Å². The quantitative estimate of drug-likeness (QED) is 0.803. The standard InChI is InChI=1S/C15H13ClFN5/c16-12-2-1-3-13(17)11(12)9-22-15(14(8-18)20-21-22)10-4-6-19-7-5-10/h1-7H,8-9,18H2. The summed E-state index contributed by atoms with van der Waals surface area (Å²) in [6.45, 7) is 0.415. The molecule has 0 spiro atoms. The van der Waals surface area contributed by atoms with Gasteiger partial charge in [0.1, 0.15) is 11.5 Å². The van der Waals surface area contributed by atoms with Crippen LogP contribution in [-0.2, 0) is 13.1 Å². The topological polar surface area (TPSA) is 69.6 Å². The summed E-state index contributed by atoms with van der Waals surface area (Å²) >= 11 is 6.08. The fourth-order valence-electron chi connectivity index (χ4n) is 2.26. The van der Waals surface area contributed by atoms with E-state index >= 15 is 0 Å². The Labute approximate surface area is 131 Å². The van der Waals surface area contributed by atoms with Crippen molar-refractivity contribution in [3.05, 3.63) is 64.8 Å². The molecule has 0 aliphatic rings. The molecule has 5 nitrogen and oxygen atoms in total. The third kappa shape index (κ3) is 2.70. The summed E-state index contributed by atoms with van der Waals surface area (Å²) in [6, 6.07) is 8.24. The Morgan fingerprint density at radius 2 is 1.95 bits per heavy atom. The highest BCUT2D eigenvalue weighted by molar-refractivity contribution is 6.31. The molecule has 1 aromatic carbocycles. The Kier molecular flexibility index (Phi) is 4.13. The first kappa shape index (κ1) is 14.6. The number of nitrogens with two attached hydrogens (primary N) is 1. The Hall–Kier alpha value is -2.31. The van der Waals surface area contributed by atoms with Gasteiger partial charge in [-0.1, -0.05) is 22.9 Å². The number of nitrogens with zero attached hydrogens (tertiary/aromatic N) is 4. The zero-order chi connectivity index (χ0) is 15.5. The van der Waals surface area contributed by atoms with Crippen LogP contribution < -0.4 is 5.73 Å². The first-order chi connectivity index (χ1) is 10.7. The van der Waals surface area contributed by atoms with Crippen LogP contribution in [0.4, 0.5) is 4.39 Å². The molecule has 0 amide bonds. The average Bonchev–Trinajstić information content (AvgIpc) is 2.94. The minimum absolute atomic E-state index is 0.177. The van der Waals surface area contributed by atoms with Crippen LogP contribution in [0.2, 0.25) is 5.02 Å². The fraction of sp³-hybridized carbons (Fsp3) is 0.133. The molecule has 0 aliphatic carbocycles. The van der Waals surface area contributed by atoms with Gasteiger partial charge in [0.15, 0.2) is 0 Å². The summed E-state index contributed by atoms with van der Waals surface area (Å²) < 4.78 is 15.6. The van der Waals surface area contributed by atoms with Crippen molar-refractivity contribution in [2.75, 3.05) is 0 Å². The maximum Gasteiger partial charge on any atom is 0.129 e. The monoisotopic (exact) mass is 317 g/mol. The molecule has 112 valence electrons. The largest absolute Gasteiger partial charge is 0.325 e. The van der Waals surface area contributed by atoms with E-state index < -0.39 is 0 Å². The molecule has 3 rings (SSSR count). The molecule has 0 fully saturated rings. The lowest BCUT2D eigenvalue weighted by molar-refractivity contribution is 0.579. The normalized spacial score (nSPS) is 10.9. The third-order valence-electron chi connectivity index (χ3n) is 3.32. The van der Waals surface area contributed by atoms with Crippen molar-refractivity contribution in [1.29, 1.82) is 0 Å². The van der Waals surface area contributed by atoms with Crippen LogP contribution in [-0.4, -0.2) is 20.0 Å². The molecule has 7 heteroatoms. The van der Waals surface area contributed by atoms with Gasteiger partial charge in [0.05, 0.1) is 12.2 Å². The van der Waals surface area contributed by atoms with Gasteiger partial charge in [-0.25, -0.2) is 9.07 Å². The summed E-state index contributed by atoms with van der Waals surface area (Å²) in [7, 11) is 0. The van der Waals surface area contributed by atoms with E-state index in [2.05, 4.69) is 15.3 Å². The van der Waals surface area contributed by atoms with E-state index in [-0.39, 0.29) is 18.9 Å². The number of hydrogen-bond acceptors (Lipinski definition) is 4. The van der Waals surface area contributed by atoms with E-state index in [0.29, 0.717) is 16.3 Å². The number of benzene rings is 1. The minimum Gasteiger partial charge on any atom is -0.325 e. The maximum absolute atomic E-state index is 14.0. The Morgan fingerprint density at radius 3 is 2.64 bits per heavy atom. The van der Waals surface area contributed by atoms with E-state index in [1.165, 1.54) is 6.07 Å². The minimum atomic E-state index is -0.377. The van der Waals surface area contributed by atoms with Crippen LogP contribution in [0, 0.1) is 5.82 Å². The molecule has 0 saturated carbocycles. The van der Waals surface area contributed by atoms with Crippen molar-refractivity contribution in [3.63, 3.8) is 0 Å². The van der Waals surface area contributed by atoms with Crippen LogP contribution in [0.25, 0.3) is 11.3 Å². The highest BCUT2D eigenvalue weighted by Crippen LogP contribution is 2.25. The molecule has 2 N–H and O–H groups in total. The SMILES string of the molecule is NCc1nnn(Cc2c(F)cccc2Cl)c1-c1ccncc1. The third-order valence-corrected chi connectivity index (χ3v) is 3.68. The predicted molar refractivity (Wildman–Crippen MR) is 81.7 cm³/mol. The molecule has 0 atom stereocenters. The van der Waals surface area contributed by atoms with E-state index in [1.807, 2.05) is 12.1 Å². The highest BCUT2D eigenvalue weighted by atomic mass is 35.5. The molecule has 22 heavy (non-hydrogen) atoms. The molecule has 3 aromatic rings. The average molecular weight is 318 g/mol. The molecule has 0 bridgehead atoms. The molecule has 2 aromatic heterocycles. The van der Waals surface area contributed by atoms with Gasteiger partial charge in [0.2, 0.25) is 0 Å². The van der Waals surface area contributed by atoms with Crippen molar-refractivity contribution >= 4 is 11.6 Å². The van der Waals surface area contributed by atoms with Gasteiger partial charge in [-0.2, -0.15) is 0 Å². The molecule has 2 heterocycles. The van der Waals surface area contributed by atoms with E-state index in [1.54, 1.807) is 29.2 Å². The number of rotatable bonds is 4. The van der Waals surface area contributed by atoms with Crippen molar-refractivity contribution in [3.8, 4) is 11.3 Å². The van der Waals surface area contributed by atoms with Crippen LogP contribution in [0.3, 0.4) is 0 Å². The van der Waals surface area contributed by atoms with E-state index in [9.17, 15) is 4.39 Å². The second kappa shape index (κ2) is 6.21. The van der Waals surface area contributed by atoms with Gasteiger partial charge in [-0.15, -0.1) is 5.10 Å². The molecule has 0 radical (unpaired) electrons. The second-order valence-corrected chi connectivity index (χ2v) is 5.09. The first-order valence-electron chi connectivity index (χ1n) is 6.66. The first-order valence-corrected chi connectivity index (χ1v) is 7.04. The molecular formula is C15H13ClFN5. The summed E-state index contributed by atoms with van der Waals surface area (Å²) in [5.41, 5.74) is 8.34. The number of pyridine rings is 1. The van der Waals surface area contributed by atoms with E-state index in [0.717, 1.165) is 11.3 Å². The molecular weight excluding hydrogens is 305 g/mol. The van der Waals surface area contributed by atoms with Gasteiger partial charge in [0.25, 0.3) is 0 Å². The van der Waals surface area contributed by atoms with Crippen LogP contribution >= 0.6 is 11.6 Å². The number of hydrogen-bond donors (Lipinski definition) is 1. The van der Waals surface area contributed by atoms with Crippen LogP contribution in [0.15, 0.2) is 42.7 Å². The summed E-state index contributed by atoms with van der Waals surface area (Å²) in [5, 5.41) is 8.50. The van der Waals surface area contributed by atoms with Gasteiger partial charge < -0.3 is 5.73 Å². The summed E-state index contributed by atoms with van der Waals surface area (Å²) in [6.07, 6.45) is 3.34. The summed E-state index contributed by atoms with van der Waals surface area (Å²) in [4.78, 5) is 3.99. The molecule has 0 unspecified atom stereocenters.